The van der Waals surface area contributed by atoms with E-state index in [9.17, 15) is 4.79 Å². The van der Waals surface area contributed by atoms with Crippen LogP contribution in [0.5, 0.6) is 0 Å². The van der Waals surface area contributed by atoms with E-state index in [-0.39, 0.29) is 5.91 Å². The summed E-state index contributed by atoms with van der Waals surface area (Å²) in [4.78, 5) is 28.2. The molecule has 1 aromatic carbocycles. The van der Waals surface area contributed by atoms with Gasteiger partial charge >= 0.3 is 0 Å². The van der Waals surface area contributed by atoms with Gasteiger partial charge in [0.15, 0.2) is 10.9 Å². The van der Waals surface area contributed by atoms with Crippen molar-refractivity contribution >= 4 is 23.5 Å². The summed E-state index contributed by atoms with van der Waals surface area (Å²) < 4.78 is 5.77. The van der Waals surface area contributed by atoms with Crippen LogP contribution in [-0.2, 0) is 25.1 Å². The van der Waals surface area contributed by atoms with Crippen LogP contribution in [0.2, 0.25) is 0 Å². The molecule has 4 rings (SSSR count). The number of thioether (sulfide) groups is 1. The van der Waals surface area contributed by atoms with Gasteiger partial charge in [0.25, 0.3) is 5.91 Å². The summed E-state index contributed by atoms with van der Waals surface area (Å²) in [5.74, 6) is 2.19. The van der Waals surface area contributed by atoms with Crippen molar-refractivity contribution in [1.82, 2.24) is 20.3 Å². The second-order valence-electron chi connectivity index (χ2n) is 8.08. The average molecular weight is 488 g/mol. The third-order valence-corrected chi connectivity index (χ3v) is 6.25. The molecule has 7 nitrogen and oxygen atoms in total. The van der Waals surface area contributed by atoms with E-state index >= 15 is 0 Å². The lowest BCUT2D eigenvalue weighted by molar-refractivity contribution is 0.0925. The number of anilines is 1. The molecule has 35 heavy (non-hydrogen) atoms. The fourth-order valence-electron chi connectivity index (χ4n) is 3.49. The Balaban J connectivity index is 1.33. The molecule has 0 fully saturated rings. The molecule has 0 atom stereocenters. The van der Waals surface area contributed by atoms with E-state index in [2.05, 4.69) is 39.2 Å². The van der Waals surface area contributed by atoms with E-state index in [0.717, 1.165) is 30.2 Å². The minimum Gasteiger partial charge on any atom is -0.455 e. The molecule has 0 unspecified atom stereocenters. The first-order chi connectivity index (χ1) is 17.1. The van der Waals surface area contributed by atoms with Crippen molar-refractivity contribution < 1.29 is 9.21 Å². The van der Waals surface area contributed by atoms with Gasteiger partial charge in [0.1, 0.15) is 11.6 Å². The number of carbonyl (C=O) groups is 1. The maximum Gasteiger partial charge on any atom is 0.287 e. The van der Waals surface area contributed by atoms with Gasteiger partial charge in [0, 0.05) is 50.2 Å². The summed E-state index contributed by atoms with van der Waals surface area (Å²) in [7, 11) is 2.04. The Hall–Kier alpha value is -3.65. The molecule has 0 spiro atoms. The fourth-order valence-corrected chi connectivity index (χ4v) is 4.26. The molecule has 3 heterocycles. The molecule has 8 heteroatoms. The summed E-state index contributed by atoms with van der Waals surface area (Å²) in [5, 5.41) is 3.57. The normalized spacial score (nSPS) is 10.8. The number of nitrogens with one attached hydrogen (secondary N) is 1. The topological polar surface area (TPSA) is 84.2 Å². The number of pyridine rings is 1. The van der Waals surface area contributed by atoms with Crippen molar-refractivity contribution in [2.45, 2.75) is 37.2 Å². The van der Waals surface area contributed by atoms with Crippen LogP contribution in [0.15, 0.2) is 82.5 Å². The Morgan fingerprint density at radius 3 is 2.63 bits per heavy atom. The third-order valence-electron chi connectivity index (χ3n) is 5.38. The molecule has 0 aliphatic rings. The first-order valence-electron chi connectivity index (χ1n) is 11.6. The molecule has 1 N–H and O–H groups in total. The van der Waals surface area contributed by atoms with Gasteiger partial charge in [-0.15, -0.1) is 0 Å². The van der Waals surface area contributed by atoms with E-state index in [1.54, 1.807) is 12.3 Å². The van der Waals surface area contributed by atoms with Gasteiger partial charge < -0.3 is 14.6 Å². The maximum absolute atomic E-state index is 12.4. The summed E-state index contributed by atoms with van der Waals surface area (Å²) in [6.45, 7) is 3.35. The van der Waals surface area contributed by atoms with Crippen LogP contribution >= 0.6 is 11.8 Å². The van der Waals surface area contributed by atoms with E-state index in [1.807, 2.05) is 55.6 Å². The molecule has 4 aromatic rings. The van der Waals surface area contributed by atoms with Crippen LogP contribution in [-0.4, -0.2) is 34.5 Å². The number of amides is 1. The highest BCUT2D eigenvalue weighted by Crippen LogP contribution is 2.24. The Labute approximate surface area is 210 Å². The number of carbonyl (C=O) groups excluding carboxylic acids is 1. The van der Waals surface area contributed by atoms with Gasteiger partial charge in [0.2, 0.25) is 0 Å². The van der Waals surface area contributed by atoms with E-state index in [1.165, 1.54) is 17.3 Å². The standard InChI is InChI=1S/C27H29N5O2S/c1-3-21-17-25(32(2)18-20-9-5-4-6-10-20)31-27(30-21)35-19-23-12-13-24(34-23)26(33)29-16-14-22-11-7-8-15-28-22/h4-13,15,17H,3,14,16,18-19H2,1-2H3,(H,29,33). The highest BCUT2D eigenvalue weighted by molar-refractivity contribution is 7.98. The van der Waals surface area contributed by atoms with Crippen LogP contribution in [0.4, 0.5) is 5.82 Å². The molecule has 0 bridgehead atoms. The van der Waals surface area contributed by atoms with Crippen molar-refractivity contribution in [3.05, 3.63) is 101 Å². The van der Waals surface area contributed by atoms with Gasteiger partial charge in [-0.25, -0.2) is 9.97 Å². The maximum atomic E-state index is 12.4. The summed E-state index contributed by atoms with van der Waals surface area (Å²) >= 11 is 1.50. The summed E-state index contributed by atoms with van der Waals surface area (Å²) in [5.41, 5.74) is 3.15. The van der Waals surface area contributed by atoms with Gasteiger partial charge in [-0.3, -0.25) is 9.78 Å². The zero-order chi connectivity index (χ0) is 24.5. The zero-order valence-corrected chi connectivity index (χ0v) is 20.8. The van der Waals surface area contributed by atoms with Crippen LogP contribution in [0.25, 0.3) is 0 Å². The quantitative estimate of drug-likeness (QED) is 0.237. The Bertz CT molecular complexity index is 1230. The largest absolute Gasteiger partial charge is 0.455 e. The fraction of sp³-hybridized carbons (Fsp3) is 0.259. The van der Waals surface area contributed by atoms with Crippen molar-refractivity contribution in [3.8, 4) is 0 Å². The minimum atomic E-state index is -0.230. The van der Waals surface area contributed by atoms with Crippen LogP contribution in [0.1, 0.15) is 40.2 Å². The first kappa shape index (κ1) is 24.5. The number of nitrogens with zero attached hydrogens (tertiary/aromatic N) is 4. The first-order valence-corrected chi connectivity index (χ1v) is 12.6. The second kappa shape index (κ2) is 12.2. The number of aromatic nitrogens is 3. The number of hydrogen-bond donors (Lipinski definition) is 1. The van der Waals surface area contributed by atoms with Crippen molar-refractivity contribution in [2.75, 3.05) is 18.5 Å². The van der Waals surface area contributed by atoms with E-state index < -0.39 is 0 Å². The SMILES string of the molecule is CCc1cc(N(C)Cc2ccccc2)nc(SCc2ccc(C(=O)NCCc3ccccn3)o2)n1. The predicted octanol–water partition coefficient (Wildman–Crippen LogP) is 4.93. The smallest absolute Gasteiger partial charge is 0.287 e. The lowest BCUT2D eigenvalue weighted by Crippen LogP contribution is -2.25. The number of aryl methyl sites for hydroxylation is 1. The molecule has 1 amide bonds. The van der Waals surface area contributed by atoms with Gasteiger partial charge in [-0.05, 0) is 36.2 Å². The molecule has 0 radical (unpaired) electrons. The summed E-state index contributed by atoms with van der Waals surface area (Å²) in [6, 6.07) is 21.6. The lowest BCUT2D eigenvalue weighted by Gasteiger charge is -2.19. The highest BCUT2D eigenvalue weighted by atomic mass is 32.2. The molecule has 0 saturated carbocycles. The average Bonchev–Trinajstić information content (AvgIpc) is 3.38. The van der Waals surface area contributed by atoms with Crippen LogP contribution in [0, 0.1) is 0 Å². The van der Waals surface area contributed by atoms with E-state index in [4.69, 9.17) is 9.40 Å². The Kier molecular flexibility index (Phi) is 8.51. The van der Waals surface area contributed by atoms with Crippen LogP contribution in [0.3, 0.4) is 0 Å². The zero-order valence-electron chi connectivity index (χ0n) is 20.0. The van der Waals surface area contributed by atoms with Crippen LogP contribution < -0.4 is 10.2 Å². The lowest BCUT2D eigenvalue weighted by atomic mass is 10.2. The molecule has 3 aromatic heterocycles. The van der Waals surface area contributed by atoms with Gasteiger partial charge in [-0.2, -0.15) is 0 Å². The number of furan rings is 1. The molecule has 0 aliphatic carbocycles. The number of hydrogen-bond acceptors (Lipinski definition) is 7. The Morgan fingerprint density at radius 1 is 1.03 bits per heavy atom. The minimum absolute atomic E-state index is 0.230. The van der Waals surface area contributed by atoms with Crippen molar-refractivity contribution in [2.24, 2.45) is 0 Å². The second-order valence-corrected chi connectivity index (χ2v) is 9.02. The molecular formula is C27H29N5O2S. The number of benzene rings is 1. The Morgan fingerprint density at radius 2 is 1.86 bits per heavy atom. The molecular weight excluding hydrogens is 458 g/mol. The third kappa shape index (κ3) is 7.16. The van der Waals surface area contributed by atoms with Gasteiger partial charge in [-0.1, -0.05) is 55.1 Å². The van der Waals surface area contributed by atoms with Crippen molar-refractivity contribution in [1.29, 1.82) is 0 Å². The highest BCUT2D eigenvalue weighted by Gasteiger charge is 2.13. The van der Waals surface area contributed by atoms with Crippen molar-refractivity contribution in [3.63, 3.8) is 0 Å². The molecule has 180 valence electrons. The van der Waals surface area contributed by atoms with Gasteiger partial charge in [0.05, 0.1) is 5.75 Å². The molecule has 0 saturated heterocycles. The number of rotatable bonds is 11. The predicted molar refractivity (Wildman–Crippen MR) is 139 cm³/mol. The summed E-state index contributed by atoms with van der Waals surface area (Å²) in [6.07, 6.45) is 3.24. The van der Waals surface area contributed by atoms with E-state index in [0.29, 0.717) is 35.4 Å². The molecule has 0 aliphatic heterocycles. The monoisotopic (exact) mass is 487 g/mol.